The number of aryl methyl sites for hydroxylation is 1. The number of sulfone groups is 1. The Bertz CT molecular complexity index is 1480. The first-order valence-electron chi connectivity index (χ1n) is 13.9. The number of rotatable bonds is 9. The van der Waals surface area contributed by atoms with Crippen LogP contribution in [-0.4, -0.2) is 89.0 Å². The molecule has 2 aliphatic rings. The molecule has 0 bridgehead atoms. The highest BCUT2D eigenvalue weighted by molar-refractivity contribution is 7.91. The molecule has 2 fully saturated rings. The number of hydrogen-bond acceptors (Lipinski definition) is 8. The van der Waals surface area contributed by atoms with Gasteiger partial charge in [-0.25, -0.2) is 8.42 Å². The van der Waals surface area contributed by atoms with Crippen molar-refractivity contribution >= 4 is 38.7 Å². The summed E-state index contributed by atoms with van der Waals surface area (Å²) in [6.45, 7) is 6.20. The Balaban J connectivity index is 1.27. The van der Waals surface area contributed by atoms with Crippen molar-refractivity contribution in [2.24, 2.45) is 0 Å². The van der Waals surface area contributed by atoms with Crippen molar-refractivity contribution in [2.45, 2.75) is 19.4 Å². The first-order chi connectivity index (χ1) is 19.7. The molecular formula is C30H37N5O5S. The summed E-state index contributed by atoms with van der Waals surface area (Å²) < 4.78 is 28.9. The molecule has 0 saturated carbocycles. The van der Waals surface area contributed by atoms with Crippen LogP contribution in [0.4, 0.5) is 17.1 Å². The van der Waals surface area contributed by atoms with Gasteiger partial charge in [-0.3, -0.25) is 9.59 Å². The SMILES string of the molecule is Cc1ccccc1N1CCN(c2ccc(C(=O)NCCN(C)C3CCS(=O)(=O)C3)cc2NC(=O)c2ccco2)CC1. The monoisotopic (exact) mass is 579 g/mol. The third-order valence-corrected chi connectivity index (χ3v) is 9.66. The Labute approximate surface area is 241 Å². The molecule has 2 aliphatic heterocycles. The Morgan fingerprint density at radius 2 is 1.71 bits per heavy atom. The zero-order valence-corrected chi connectivity index (χ0v) is 24.3. The molecule has 1 unspecified atom stereocenters. The highest BCUT2D eigenvalue weighted by Gasteiger charge is 2.30. The van der Waals surface area contributed by atoms with Gasteiger partial charge in [0.05, 0.1) is 29.1 Å². The van der Waals surface area contributed by atoms with Crippen LogP contribution in [0.5, 0.6) is 0 Å². The second-order valence-electron chi connectivity index (χ2n) is 10.7. The van der Waals surface area contributed by atoms with Gasteiger partial charge >= 0.3 is 0 Å². The number of hydrogen-bond donors (Lipinski definition) is 2. The Morgan fingerprint density at radius 1 is 0.976 bits per heavy atom. The lowest BCUT2D eigenvalue weighted by Crippen LogP contribution is -2.47. The van der Waals surface area contributed by atoms with Crippen molar-refractivity contribution in [2.75, 3.05) is 72.9 Å². The van der Waals surface area contributed by atoms with Crippen molar-refractivity contribution in [1.29, 1.82) is 0 Å². The van der Waals surface area contributed by atoms with E-state index in [0.29, 0.717) is 30.8 Å². The maximum Gasteiger partial charge on any atom is 0.291 e. The third kappa shape index (κ3) is 6.91. The first kappa shape index (κ1) is 28.7. The lowest BCUT2D eigenvalue weighted by molar-refractivity contribution is 0.0946. The number of piperazine rings is 1. The second-order valence-corrected chi connectivity index (χ2v) is 12.9. The maximum atomic E-state index is 13.1. The van der Waals surface area contributed by atoms with E-state index in [4.69, 9.17) is 4.42 Å². The molecule has 5 rings (SSSR count). The molecule has 0 radical (unpaired) electrons. The van der Waals surface area contributed by atoms with Gasteiger partial charge < -0.3 is 29.8 Å². The molecular weight excluding hydrogens is 542 g/mol. The van der Waals surface area contributed by atoms with E-state index in [2.05, 4.69) is 45.6 Å². The molecule has 2 saturated heterocycles. The van der Waals surface area contributed by atoms with E-state index in [9.17, 15) is 18.0 Å². The number of nitrogens with zero attached hydrogens (tertiary/aromatic N) is 3. The van der Waals surface area contributed by atoms with Crippen molar-refractivity contribution in [3.8, 4) is 0 Å². The van der Waals surface area contributed by atoms with E-state index in [1.54, 1.807) is 24.3 Å². The normalized spacial score (nSPS) is 18.5. The van der Waals surface area contributed by atoms with E-state index in [-0.39, 0.29) is 35.1 Å². The quantitative estimate of drug-likeness (QED) is 0.398. The molecule has 11 heteroatoms. The predicted octanol–water partition coefficient (Wildman–Crippen LogP) is 3.02. The molecule has 0 spiro atoms. The number of anilines is 3. The predicted molar refractivity (Wildman–Crippen MR) is 161 cm³/mol. The summed E-state index contributed by atoms with van der Waals surface area (Å²) in [4.78, 5) is 32.5. The van der Waals surface area contributed by atoms with E-state index in [0.717, 1.165) is 31.9 Å². The zero-order valence-electron chi connectivity index (χ0n) is 23.5. The Hall–Kier alpha value is -3.83. The van der Waals surface area contributed by atoms with Gasteiger partial charge in [-0.05, 0) is 62.4 Å². The topological polar surface area (TPSA) is 115 Å². The minimum atomic E-state index is -2.97. The van der Waals surface area contributed by atoms with Crippen molar-refractivity contribution in [3.63, 3.8) is 0 Å². The fourth-order valence-corrected chi connectivity index (χ4v) is 7.31. The lowest BCUT2D eigenvalue weighted by atomic mass is 10.1. The smallest absolute Gasteiger partial charge is 0.291 e. The summed E-state index contributed by atoms with van der Waals surface area (Å²) in [6.07, 6.45) is 2.06. The van der Waals surface area contributed by atoms with Gasteiger partial charge in [0.25, 0.3) is 11.8 Å². The van der Waals surface area contributed by atoms with Gasteiger partial charge in [-0.15, -0.1) is 0 Å². The molecule has 2 amide bonds. The largest absolute Gasteiger partial charge is 0.459 e. The lowest BCUT2D eigenvalue weighted by Gasteiger charge is -2.38. The number of carbonyl (C=O) groups excluding carboxylic acids is 2. The third-order valence-electron chi connectivity index (χ3n) is 7.91. The molecule has 3 aromatic rings. The Morgan fingerprint density at radius 3 is 2.37 bits per heavy atom. The van der Waals surface area contributed by atoms with E-state index >= 15 is 0 Å². The molecule has 2 N–H and O–H groups in total. The molecule has 41 heavy (non-hydrogen) atoms. The van der Waals surface area contributed by atoms with Crippen LogP contribution in [0, 0.1) is 6.92 Å². The van der Waals surface area contributed by atoms with Crippen LogP contribution in [0.2, 0.25) is 0 Å². The average Bonchev–Trinajstić information content (AvgIpc) is 3.63. The Kier molecular flexibility index (Phi) is 8.65. The second kappa shape index (κ2) is 12.4. The summed E-state index contributed by atoms with van der Waals surface area (Å²) in [6, 6.07) is 16.9. The number of para-hydroxylation sites is 1. The minimum absolute atomic E-state index is 0.0223. The fourth-order valence-electron chi connectivity index (χ4n) is 5.50. The van der Waals surface area contributed by atoms with Crippen LogP contribution in [0.15, 0.2) is 65.3 Å². The number of furan rings is 1. The standard InChI is InChI=1S/C30H37N5O5S/c1-22-6-3-4-7-26(22)34-14-16-35(17-15-34)27-10-9-23(20-25(27)32-30(37)28-8-5-18-40-28)29(36)31-12-13-33(2)24-11-19-41(38,39)21-24/h3-10,18,20,24H,11-17,19,21H2,1-2H3,(H,31,36)(H,32,37). The summed E-state index contributed by atoms with van der Waals surface area (Å²) in [7, 11) is -1.08. The zero-order chi connectivity index (χ0) is 29.0. The fraction of sp³-hybridized carbons (Fsp3) is 0.400. The summed E-state index contributed by atoms with van der Waals surface area (Å²) >= 11 is 0. The highest BCUT2D eigenvalue weighted by atomic mass is 32.2. The van der Waals surface area contributed by atoms with Gasteiger partial charge in [-0.2, -0.15) is 0 Å². The number of nitrogens with one attached hydrogen (secondary N) is 2. The van der Waals surface area contributed by atoms with Crippen LogP contribution in [0.1, 0.15) is 32.9 Å². The van der Waals surface area contributed by atoms with Gasteiger partial charge in [-0.1, -0.05) is 18.2 Å². The molecule has 0 aliphatic carbocycles. The number of likely N-dealkylation sites (N-methyl/N-ethyl adjacent to an activating group) is 1. The van der Waals surface area contributed by atoms with Crippen LogP contribution >= 0.6 is 0 Å². The van der Waals surface area contributed by atoms with Gasteiger partial charge in [0.2, 0.25) is 0 Å². The van der Waals surface area contributed by atoms with Crippen LogP contribution < -0.4 is 20.4 Å². The van der Waals surface area contributed by atoms with Gasteiger partial charge in [0.15, 0.2) is 15.6 Å². The average molecular weight is 580 g/mol. The number of benzene rings is 2. The van der Waals surface area contributed by atoms with E-state index in [1.807, 2.05) is 24.1 Å². The maximum absolute atomic E-state index is 13.1. The summed E-state index contributed by atoms with van der Waals surface area (Å²) in [5.41, 5.74) is 4.27. The van der Waals surface area contributed by atoms with Crippen LogP contribution in [0.25, 0.3) is 0 Å². The van der Waals surface area contributed by atoms with Crippen molar-refractivity contribution in [3.05, 3.63) is 77.7 Å². The number of amides is 2. The highest BCUT2D eigenvalue weighted by Crippen LogP contribution is 2.30. The molecule has 1 atom stereocenters. The van der Waals surface area contributed by atoms with E-state index in [1.165, 1.54) is 17.5 Å². The van der Waals surface area contributed by atoms with Gasteiger partial charge in [0.1, 0.15) is 0 Å². The molecule has 218 valence electrons. The summed E-state index contributed by atoms with van der Waals surface area (Å²) in [5.74, 6) is -0.0835. The van der Waals surface area contributed by atoms with Gasteiger partial charge in [0, 0.05) is 56.6 Å². The van der Waals surface area contributed by atoms with Crippen LogP contribution in [-0.2, 0) is 9.84 Å². The van der Waals surface area contributed by atoms with Crippen molar-refractivity contribution < 1.29 is 22.4 Å². The first-order valence-corrected chi connectivity index (χ1v) is 15.8. The molecule has 3 heterocycles. The van der Waals surface area contributed by atoms with Crippen molar-refractivity contribution in [1.82, 2.24) is 10.2 Å². The minimum Gasteiger partial charge on any atom is -0.459 e. The van der Waals surface area contributed by atoms with Crippen LogP contribution in [0.3, 0.4) is 0 Å². The molecule has 10 nitrogen and oxygen atoms in total. The summed E-state index contributed by atoms with van der Waals surface area (Å²) in [5, 5.41) is 5.87. The van der Waals surface area contributed by atoms with E-state index < -0.39 is 9.84 Å². The molecule has 1 aromatic heterocycles. The number of carbonyl (C=O) groups is 2. The molecule has 2 aromatic carbocycles.